The van der Waals surface area contributed by atoms with Gasteiger partial charge in [-0.3, -0.25) is 0 Å². The third-order valence-electron chi connectivity index (χ3n) is 5.33. The van der Waals surface area contributed by atoms with Gasteiger partial charge >= 0.3 is 6.03 Å². The van der Waals surface area contributed by atoms with Crippen LogP contribution in [0.25, 0.3) is 0 Å². The number of sulfonamides is 1. The maximum absolute atomic E-state index is 12.8. The highest BCUT2D eigenvalue weighted by atomic mass is 32.2. The van der Waals surface area contributed by atoms with E-state index in [0.717, 1.165) is 25.7 Å². The quantitative estimate of drug-likeness (QED) is 0.824. The number of benzene rings is 1. The molecule has 0 aromatic heterocycles. The number of rotatable bonds is 4. The van der Waals surface area contributed by atoms with Crippen LogP contribution in [0.3, 0.4) is 0 Å². The van der Waals surface area contributed by atoms with Gasteiger partial charge in [0, 0.05) is 25.2 Å². The topological polar surface area (TPSA) is 102 Å². The summed E-state index contributed by atoms with van der Waals surface area (Å²) >= 11 is 0. The van der Waals surface area contributed by atoms with E-state index >= 15 is 0 Å². The van der Waals surface area contributed by atoms with Crippen LogP contribution in [0.5, 0.6) is 0 Å². The second-order valence-corrected chi connectivity index (χ2v) is 9.21. The third kappa shape index (κ3) is 4.99. The van der Waals surface area contributed by atoms with Crippen molar-refractivity contribution in [3.63, 3.8) is 0 Å². The predicted molar refractivity (Wildman–Crippen MR) is 101 cm³/mol. The summed E-state index contributed by atoms with van der Waals surface area (Å²) in [6, 6.07) is 8.13. The zero-order valence-electron chi connectivity index (χ0n) is 15.4. The molecule has 1 heterocycles. The second kappa shape index (κ2) is 8.72. The summed E-state index contributed by atoms with van der Waals surface area (Å²) in [6.45, 7) is 0.709. The van der Waals surface area contributed by atoms with E-state index in [-0.39, 0.29) is 23.0 Å². The summed E-state index contributed by atoms with van der Waals surface area (Å²) in [7, 11) is -3.62. The molecule has 1 saturated heterocycles. The summed E-state index contributed by atoms with van der Waals surface area (Å²) in [5.41, 5.74) is 0.326. The van der Waals surface area contributed by atoms with E-state index in [0.29, 0.717) is 31.5 Å². The molecule has 2 aliphatic rings. The SMILES string of the molecule is N#Cc1cccc(S(=O)(=O)N2CCC(NC(=O)NC3CCCCC3)CC2)c1. The number of amides is 2. The molecule has 2 N–H and O–H groups in total. The number of nitriles is 1. The Balaban J connectivity index is 1.52. The van der Waals surface area contributed by atoms with Crippen LogP contribution in [-0.4, -0.2) is 43.9 Å². The van der Waals surface area contributed by atoms with Crippen LogP contribution in [0.2, 0.25) is 0 Å². The number of urea groups is 1. The average Bonchev–Trinajstić information content (AvgIpc) is 2.69. The highest BCUT2D eigenvalue weighted by Crippen LogP contribution is 2.22. The molecule has 1 aromatic rings. The highest BCUT2D eigenvalue weighted by Gasteiger charge is 2.30. The van der Waals surface area contributed by atoms with Crippen LogP contribution in [0, 0.1) is 11.3 Å². The Kier molecular flexibility index (Phi) is 6.34. The minimum atomic E-state index is -3.62. The maximum atomic E-state index is 12.8. The highest BCUT2D eigenvalue weighted by molar-refractivity contribution is 7.89. The fourth-order valence-electron chi connectivity index (χ4n) is 3.78. The number of nitrogens with one attached hydrogen (secondary N) is 2. The fraction of sp³-hybridized carbons (Fsp3) is 0.579. The van der Waals surface area contributed by atoms with Crippen molar-refractivity contribution in [2.45, 2.75) is 61.9 Å². The van der Waals surface area contributed by atoms with Crippen molar-refractivity contribution in [2.24, 2.45) is 0 Å². The summed E-state index contributed by atoms with van der Waals surface area (Å²) in [5.74, 6) is 0. The van der Waals surface area contributed by atoms with E-state index in [1.165, 1.54) is 22.9 Å². The van der Waals surface area contributed by atoms with E-state index in [4.69, 9.17) is 5.26 Å². The van der Waals surface area contributed by atoms with Crippen molar-refractivity contribution >= 4 is 16.1 Å². The Morgan fingerprint density at radius 1 is 1.04 bits per heavy atom. The van der Waals surface area contributed by atoms with Gasteiger partial charge in [0.15, 0.2) is 0 Å². The van der Waals surface area contributed by atoms with Gasteiger partial charge in [-0.2, -0.15) is 9.57 Å². The number of piperidine rings is 1. The molecule has 1 saturated carbocycles. The van der Waals surface area contributed by atoms with Crippen LogP contribution >= 0.6 is 0 Å². The Hall–Kier alpha value is -2.11. The molecule has 2 amide bonds. The first kappa shape index (κ1) is 19.6. The molecule has 1 aliphatic heterocycles. The van der Waals surface area contributed by atoms with Gasteiger partial charge in [0.25, 0.3) is 0 Å². The van der Waals surface area contributed by atoms with Gasteiger partial charge in [0.2, 0.25) is 10.0 Å². The first-order valence-corrected chi connectivity index (χ1v) is 11.0. The first-order valence-electron chi connectivity index (χ1n) is 9.56. The molecule has 27 heavy (non-hydrogen) atoms. The standard InChI is InChI=1S/C19H26N4O3S/c20-14-15-5-4-8-18(13-15)27(25,26)23-11-9-17(10-12-23)22-19(24)21-16-6-2-1-3-7-16/h4-5,8,13,16-17H,1-3,6-7,9-12H2,(H2,21,22,24). The number of nitrogens with zero attached hydrogens (tertiary/aromatic N) is 2. The molecule has 8 heteroatoms. The molecule has 146 valence electrons. The molecule has 1 aliphatic carbocycles. The summed E-state index contributed by atoms with van der Waals surface area (Å²) in [6.07, 6.45) is 6.79. The van der Waals surface area contributed by atoms with Gasteiger partial charge in [-0.05, 0) is 43.9 Å². The second-order valence-electron chi connectivity index (χ2n) is 7.27. The zero-order chi connectivity index (χ0) is 19.3. The Labute approximate surface area is 160 Å². The molecular formula is C19H26N4O3S. The van der Waals surface area contributed by atoms with E-state index in [9.17, 15) is 13.2 Å². The predicted octanol–water partition coefficient (Wildman–Crippen LogP) is 2.34. The van der Waals surface area contributed by atoms with Gasteiger partial charge < -0.3 is 10.6 Å². The Bertz CT molecular complexity index is 804. The van der Waals surface area contributed by atoms with Crippen LogP contribution in [0.1, 0.15) is 50.5 Å². The molecular weight excluding hydrogens is 364 g/mol. The van der Waals surface area contributed by atoms with E-state index < -0.39 is 10.0 Å². The lowest BCUT2D eigenvalue weighted by molar-refractivity contribution is 0.220. The van der Waals surface area contributed by atoms with Gasteiger partial charge in [0.1, 0.15) is 0 Å². The first-order chi connectivity index (χ1) is 13.0. The summed E-state index contributed by atoms with van der Waals surface area (Å²) in [4.78, 5) is 12.3. The van der Waals surface area contributed by atoms with Gasteiger partial charge in [0.05, 0.1) is 16.5 Å². The van der Waals surface area contributed by atoms with Crippen LogP contribution in [0.15, 0.2) is 29.2 Å². The largest absolute Gasteiger partial charge is 0.335 e. The van der Waals surface area contributed by atoms with Crippen molar-refractivity contribution in [3.8, 4) is 6.07 Å². The van der Waals surface area contributed by atoms with E-state index in [1.807, 2.05) is 6.07 Å². The normalized spacial score (nSPS) is 20.0. The fourth-order valence-corrected chi connectivity index (χ4v) is 5.29. The van der Waals surface area contributed by atoms with E-state index in [2.05, 4.69) is 10.6 Å². The van der Waals surface area contributed by atoms with Gasteiger partial charge in [-0.25, -0.2) is 13.2 Å². The Morgan fingerprint density at radius 3 is 2.30 bits per heavy atom. The smallest absolute Gasteiger partial charge is 0.315 e. The summed E-state index contributed by atoms with van der Waals surface area (Å²) in [5, 5.41) is 15.0. The number of hydrogen-bond donors (Lipinski definition) is 2. The van der Waals surface area contributed by atoms with Crippen molar-refractivity contribution in [1.29, 1.82) is 5.26 Å². The number of hydrogen-bond acceptors (Lipinski definition) is 4. The average molecular weight is 391 g/mol. The van der Waals surface area contributed by atoms with Crippen LogP contribution in [-0.2, 0) is 10.0 Å². The minimum absolute atomic E-state index is 0.0227. The molecule has 2 fully saturated rings. The van der Waals surface area contributed by atoms with Gasteiger partial charge in [-0.1, -0.05) is 25.3 Å². The van der Waals surface area contributed by atoms with Crippen LogP contribution in [0.4, 0.5) is 4.79 Å². The van der Waals surface area contributed by atoms with Crippen molar-refractivity contribution in [3.05, 3.63) is 29.8 Å². The molecule has 0 unspecified atom stereocenters. The lowest BCUT2D eigenvalue weighted by Crippen LogP contribution is -2.51. The van der Waals surface area contributed by atoms with Crippen molar-refractivity contribution in [2.75, 3.05) is 13.1 Å². The molecule has 1 aromatic carbocycles. The molecule has 7 nitrogen and oxygen atoms in total. The molecule has 0 bridgehead atoms. The van der Waals surface area contributed by atoms with Crippen molar-refractivity contribution in [1.82, 2.24) is 14.9 Å². The zero-order valence-corrected chi connectivity index (χ0v) is 16.2. The van der Waals surface area contributed by atoms with Gasteiger partial charge in [-0.15, -0.1) is 0 Å². The number of carbonyl (C=O) groups excluding carboxylic acids is 1. The maximum Gasteiger partial charge on any atom is 0.315 e. The lowest BCUT2D eigenvalue weighted by atomic mass is 9.96. The summed E-state index contributed by atoms with van der Waals surface area (Å²) < 4.78 is 27.0. The molecule has 3 rings (SSSR count). The Morgan fingerprint density at radius 2 is 1.67 bits per heavy atom. The molecule has 0 radical (unpaired) electrons. The monoisotopic (exact) mass is 390 g/mol. The number of carbonyl (C=O) groups is 1. The van der Waals surface area contributed by atoms with E-state index in [1.54, 1.807) is 12.1 Å². The van der Waals surface area contributed by atoms with Crippen molar-refractivity contribution < 1.29 is 13.2 Å². The minimum Gasteiger partial charge on any atom is -0.335 e. The van der Waals surface area contributed by atoms with Crippen LogP contribution < -0.4 is 10.6 Å². The lowest BCUT2D eigenvalue weighted by Gasteiger charge is -2.32. The molecule has 0 atom stereocenters. The third-order valence-corrected chi connectivity index (χ3v) is 7.23. The molecule has 0 spiro atoms.